The van der Waals surface area contributed by atoms with Gasteiger partial charge in [0.15, 0.2) is 6.29 Å². The molecule has 0 spiro atoms. The Bertz CT molecular complexity index is 1860. The van der Waals surface area contributed by atoms with E-state index in [0.29, 0.717) is 67.8 Å². The number of fused-ring (bicyclic) bond motifs is 2. The summed E-state index contributed by atoms with van der Waals surface area (Å²) in [6, 6.07) is 13.5. The molecule has 3 aliphatic heterocycles. The minimum absolute atomic E-state index is 0.0325. The lowest BCUT2D eigenvalue weighted by Gasteiger charge is -2.54. The predicted octanol–water partition coefficient (Wildman–Crippen LogP) is 2.87. The third kappa shape index (κ3) is 7.66. The molecule has 4 bridgehead atoms. The van der Waals surface area contributed by atoms with Gasteiger partial charge >= 0.3 is 0 Å². The lowest BCUT2D eigenvalue weighted by Crippen LogP contribution is -2.68. The molecule has 3 aliphatic carbocycles. The molecule has 3 aromatic rings. The van der Waals surface area contributed by atoms with Crippen LogP contribution in [-0.4, -0.2) is 101 Å². The van der Waals surface area contributed by atoms with Crippen molar-refractivity contribution in [1.29, 1.82) is 0 Å². The zero-order chi connectivity index (χ0) is 37.0. The molecule has 4 atom stereocenters. The number of aromatic nitrogens is 2. The van der Waals surface area contributed by atoms with Gasteiger partial charge in [-0.25, -0.2) is 9.99 Å². The summed E-state index contributed by atoms with van der Waals surface area (Å²) in [4.78, 5) is 59.9. The molecule has 1 aromatic heterocycles. The number of hydrogen-bond donors (Lipinski definition) is 6. The molecular formula is C38H46N10O5. The number of anilines is 5. The van der Waals surface area contributed by atoms with E-state index in [1.54, 1.807) is 18.1 Å². The Morgan fingerprint density at radius 1 is 1.02 bits per heavy atom. The summed E-state index contributed by atoms with van der Waals surface area (Å²) < 4.78 is 0. The predicted molar refractivity (Wildman–Crippen MR) is 201 cm³/mol. The fourth-order valence-electron chi connectivity index (χ4n) is 8.09. The van der Waals surface area contributed by atoms with Gasteiger partial charge in [-0.2, -0.15) is 4.98 Å². The van der Waals surface area contributed by atoms with Gasteiger partial charge in [-0.05, 0) is 85.7 Å². The average molecular weight is 723 g/mol. The summed E-state index contributed by atoms with van der Waals surface area (Å²) in [5.74, 6) is 2.25. The molecule has 9 rings (SSSR count). The van der Waals surface area contributed by atoms with Gasteiger partial charge in [-0.1, -0.05) is 0 Å². The summed E-state index contributed by atoms with van der Waals surface area (Å²) in [7, 11) is 1.73. The van der Waals surface area contributed by atoms with E-state index in [4.69, 9.17) is 0 Å². The topological polar surface area (TPSA) is 184 Å². The number of piperazine rings is 1. The van der Waals surface area contributed by atoms with Crippen LogP contribution in [0.3, 0.4) is 0 Å². The maximum Gasteiger partial charge on any atom is 0.229 e. The third-order valence-corrected chi connectivity index (χ3v) is 11.0. The summed E-state index contributed by atoms with van der Waals surface area (Å²) in [6.45, 7) is 3.90. The number of carbonyl (C=O) groups excluding carboxylic acids is 4. The summed E-state index contributed by atoms with van der Waals surface area (Å²) >= 11 is 0. The number of benzene rings is 2. The number of amides is 2. The minimum Gasteiger partial charge on any atom is -0.387 e. The monoisotopic (exact) mass is 722 g/mol. The van der Waals surface area contributed by atoms with Crippen LogP contribution in [0.2, 0.25) is 0 Å². The van der Waals surface area contributed by atoms with Gasteiger partial charge in [0.25, 0.3) is 0 Å². The summed E-state index contributed by atoms with van der Waals surface area (Å²) in [6.07, 6.45) is 9.56. The molecule has 15 nitrogen and oxygen atoms in total. The normalized spacial score (nSPS) is 22.6. The van der Waals surface area contributed by atoms with Crippen molar-refractivity contribution in [3.63, 3.8) is 0 Å². The number of nitrogens with zero attached hydrogens (tertiary/aromatic N) is 5. The maximum atomic E-state index is 13.0. The van der Waals surface area contributed by atoms with Gasteiger partial charge in [0, 0.05) is 87.5 Å². The molecule has 0 radical (unpaired) electrons. The largest absolute Gasteiger partial charge is 0.387 e. The second-order valence-corrected chi connectivity index (χ2v) is 14.2. The van der Waals surface area contributed by atoms with Crippen LogP contribution in [0.1, 0.15) is 58.4 Å². The van der Waals surface area contributed by atoms with E-state index in [2.05, 4.69) is 41.6 Å². The Hall–Kier alpha value is -5.54. The van der Waals surface area contributed by atoms with Crippen molar-refractivity contribution in [1.82, 2.24) is 30.6 Å². The van der Waals surface area contributed by atoms with Gasteiger partial charge < -0.3 is 36.2 Å². The fourth-order valence-corrected chi connectivity index (χ4v) is 8.09. The van der Waals surface area contributed by atoms with Crippen LogP contribution in [0.5, 0.6) is 0 Å². The lowest BCUT2D eigenvalue weighted by atomic mass is 9.62. The number of aldehydes is 2. The molecule has 4 heterocycles. The minimum atomic E-state index is -0.656. The molecule has 278 valence electrons. The molecule has 1 saturated heterocycles. The maximum absolute atomic E-state index is 13.0. The van der Waals surface area contributed by atoms with Crippen LogP contribution in [0.15, 0.2) is 60.6 Å². The van der Waals surface area contributed by atoms with Crippen molar-refractivity contribution in [2.45, 2.75) is 50.3 Å². The average Bonchev–Trinajstić information content (AvgIpc) is 3.71. The molecule has 15 heteroatoms. The number of carbonyl (C=O) groups is 4. The zero-order valence-corrected chi connectivity index (χ0v) is 29.8. The fraction of sp³-hybridized carbons (Fsp3) is 0.421. The first kappa shape index (κ1) is 35.8. The van der Waals surface area contributed by atoms with E-state index in [0.717, 1.165) is 79.8 Å². The third-order valence-electron chi connectivity index (χ3n) is 11.0. The molecule has 6 aliphatic rings. The Labute approximate surface area is 308 Å². The highest BCUT2D eigenvalue weighted by Crippen LogP contribution is 2.59. The number of hydrogen-bond acceptors (Lipinski definition) is 13. The van der Waals surface area contributed by atoms with Crippen LogP contribution in [0.25, 0.3) is 0 Å². The number of nitrogens with one attached hydrogen (secondary N) is 5. The highest BCUT2D eigenvalue weighted by atomic mass is 16.3. The first-order valence-corrected chi connectivity index (χ1v) is 18.2. The number of rotatable bonds is 17. The van der Waals surface area contributed by atoms with Crippen LogP contribution in [0.4, 0.5) is 28.8 Å². The molecule has 2 aromatic carbocycles. The first-order chi connectivity index (χ1) is 25.8. The quantitative estimate of drug-likeness (QED) is 0.0680. The van der Waals surface area contributed by atoms with E-state index in [1.807, 2.05) is 47.4 Å². The molecule has 4 unspecified atom stereocenters. The van der Waals surface area contributed by atoms with Crippen molar-refractivity contribution in [3.05, 3.63) is 77.2 Å². The second kappa shape index (κ2) is 15.6. The van der Waals surface area contributed by atoms with Gasteiger partial charge in [0.05, 0.1) is 17.2 Å². The molecular weight excluding hydrogens is 676 g/mol. The molecule has 4 fully saturated rings. The standard InChI is InChI=1S/C38H46N10O5/c1-46(41-24-51)21-26-18-29(6-5-25(26)22-49)39-13-3-2-4-34(52)48-16-14-47(15-17-48)30-9-7-28(8-10-30)42-37-40-20-27(23-50)36(45-37)44-33-19-32-31-11-12-38(32,53)35(31)43-33/h5-10,18-20,22-24,31-32,35,39,43,53H,2-4,11-17,21H2,1H3,(H,41,51)(H2,40,42,44,45). The van der Waals surface area contributed by atoms with Crippen molar-refractivity contribution in [3.8, 4) is 0 Å². The van der Waals surface area contributed by atoms with Crippen LogP contribution < -0.4 is 31.6 Å². The van der Waals surface area contributed by atoms with E-state index in [9.17, 15) is 24.3 Å². The smallest absolute Gasteiger partial charge is 0.229 e. The van der Waals surface area contributed by atoms with Gasteiger partial charge in [0.1, 0.15) is 17.9 Å². The number of hydrazine groups is 1. The van der Waals surface area contributed by atoms with Gasteiger partial charge in [-0.15, -0.1) is 0 Å². The van der Waals surface area contributed by atoms with Crippen molar-refractivity contribution < 1.29 is 24.3 Å². The zero-order valence-electron chi connectivity index (χ0n) is 29.8. The molecule has 6 N–H and O–H groups in total. The molecule has 2 amide bonds. The van der Waals surface area contributed by atoms with Crippen molar-refractivity contribution in [2.75, 3.05) is 60.6 Å². The number of aliphatic hydroxyl groups is 1. The molecule has 53 heavy (non-hydrogen) atoms. The summed E-state index contributed by atoms with van der Waals surface area (Å²) in [5.41, 5.74) is 6.36. The van der Waals surface area contributed by atoms with E-state index in [-0.39, 0.29) is 17.9 Å². The van der Waals surface area contributed by atoms with Crippen LogP contribution in [0, 0.1) is 11.8 Å². The Kier molecular flexibility index (Phi) is 10.5. The lowest BCUT2D eigenvalue weighted by molar-refractivity contribution is -0.131. The van der Waals surface area contributed by atoms with Crippen molar-refractivity contribution in [2.24, 2.45) is 11.8 Å². The highest BCUT2D eigenvalue weighted by Gasteiger charge is 2.67. The van der Waals surface area contributed by atoms with Crippen LogP contribution >= 0.6 is 0 Å². The first-order valence-electron chi connectivity index (χ1n) is 18.2. The number of unbranched alkanes of at least 4 members (excludes halogenated alkanes) is 1. The second-order valence-electron chi connectivity index (χ2n) is 14.2. The van der Waals surface area contributed by atoms with E-state index < -0.39 is 5.60 Å². The highest BCUT2D eigenvalue weighted by molar-refractivity contribution is 5.83. The van der Waals surface area contributed by atoms with E-state index >= 15 is 0 Å². The Morgan fingerprint density at radius 3 is 2.47 bits per heavy atom. The van der Waals surface area contributed by atoms with Crippen molar-refractivity contribution >= 4 is 53.7 Å². The Balaban J connectivity index is 0.837. The van der Waals surface area contributed by atoms with E-state index in [1.165, 1.54) is 6.20 Å². The van der Waals surface area contributed by atoms with Crippen LogP contribution in [-0.2, 0) is 16.1 Å². The van der Waals surface area contributed by atoms with Gasteiger partial charge in [0.2, 0.25) is 18.3 Å². The molecule has 3 saturated carbocycles. The summed E-state index contributed by atoms with van der Waals surface area (Å²) in [5, 5.41) is 25.6. The van der Waals surface area contributed by atoms with Gasteiger partial charge in [-0.3, -0.25) is 24.6 Å². The SMILES string of the molecule is CN(Cc1cc(NCCCCC(=O)N2CCN(c3ccc(Nc4ncc(C=O)c(NC5=CC6C7CCC6(O)C7N5)n4)cc3)CC2)ccc1C=O)NC=O. The Morgan fingerprint density at radius 2 is 1.79 bits per heavy atom.